The number of benzene rings is 1. The minimum atomic E-state index is -0.464. The highest BCUT2D eigenvalue weighted by Gasteiger charge is 2.23. The van der Waals surface area contributed by atoms with Crippen LogP contribution in [-0.2, 0) is 16.0 Å². The Morgan fingerprint density at radius 1 is 1.23 bits per heavy atom. The van der Waals surface area contributed by atoms with Gasteiger partial charge in [0, 0.05) is 12.2 Å². The summed E-state index contributed by atoms with van der Waals surface area (Å²) < 4.78 is 5.99. The van der Waals surface area contributed by atoms with Gasteiger partial charge < -0.3 is 9.64 Å². The van der Waals surface area contributed by atoms with Gasteiger partial charge in [0.05, 0.1) is 3.79 Å². The van der Waals surface area contributed by atoms with Crippen LogP contribution < -0.4 is 4.90 Å². The van der Waals surface area contributed by atoms with E-state index in [1.165, 1.54) is 11.3 Å². The molecule has 0 N–H and O–H groups in total. The molecule has 0 fully saturated rings. The second-order valence-corrected chi connectivity index (χ2v) is 7.42. The number of carbonyl (C=O) groups is 2. The monoisotopic (exact) mass is 379 g/mol. The summed E-state index contributed by atoms with van der Waals surface area (Å²) in [5.41, 5.74) is 2.09. The van der Waals surface area contributed by atoms with Gasteiger partial charge in [-0.1, -0.05) is 18.2 Å². The van der Waals surface area contributed by atoms with E-state index in [-0.39, 0.29) is 12.5 Å². The van der Waals surface area contributed by atoms with Gasteiger partial charge in [-0.3, -0.25) is 4.79 Å². The van der Waals surface area contributed by atoms with E-state index in [0.717, 1.165) is 27.9 Å². The zero-order valence-corrected chi connectivity index (χ0v) is 14.2. The van der Waals surface area contributed by atoms with Crippen LogP contribution in [0.25, 0.3) is 0 Å². The highest BCUT2D eigenvalue weighted by Crippen LogP contribution is 2.27. The molecule has 114 valence electrons. The van der Waals surface area contributed by atoms with E-state index in [1.807, 2.05) is 24.3 Å². The zero-order valence-electron chi connectivity index (χ0n) is 11.8. The summed E-state index contributed by atoms with van der Waals surface area (Å²) in [5, 5.41) is 0. The van der Waals surface area contributed by atoms with Gasteiger partial charge in [-0.25, -0.2) is 4.79 Å². The average Bonchev–Trinajstić information content (AvgIpc) is 2.98. The van der Waals surface area contributed by atoms with E-state index in [1.54, 1.807) is 17.0 Å². The number of para-hydroxylation sites is 1. The maximum atomic E-state index is 12.3. The molecule has 2 heterocycles. The summed E-state index contributed by atoms with van der Waals surface area (Å²) in [6.07, 6.45) is 1.90. The van der Waals surface area contributed by atoms with Crippen molar-refractivity contribution in [3.05, 3.63) is 50.6 Å². The van der Waals surface area contributed by atoms with E-state index in [9.17, 15) is 9.59 Å². The van der Waals surface area contributed by atoms with Gasteiger partial charge in [0.2, 0.25) is 0 Å². The van der Waals surface area contributed by atoms with E-state index in [0.29, 0.717) is 11.4 Å². The minimum Gasteiger partial charge on any atom is -0.451 e. The number of anilines is 1. The lowest BCUT2D eigenvalue weighted by molar-refractivity contribution is -0.121. The summed E-state index contributed by atoms with van der Waals surface area (Å²) in [5.74, 6) is -0.648. The number of hydrogen-bond acceptors (Lipinski definition) is 4. The Morgan fingerprint density at radius 3 is 2.82 bits per heavy atom. The molecule has 4 nitrogen and oxygen atoms in total. The second-order valence-electron chi connectivity index (χ2n) is 4.96. The van der Waals surface area contributed by atoms with Crippen LogP contribution in [0.4, 0.5) is 5.69 Å². The first-order valence-electron chi connectivity index (χ1n) is 6.96. The molecule has 1 amide bonds. The van der Waals surface area contributed by atoms with Crippen molar-refractivity contribution in [2.75, 3.05) is 18.1 Å². The molecule has 0 unspecified atom stereocenters. The molecule has 6 heteroatoms. The molecule has 0 saturated carbocycles. The summed E-state index contributed by atoms with van der Waals surface area (Å²) in [7, 11) is 0. The van der Waals surface area contributed by atoms with E-state index in [4.69, 9.17) is 4.74 Å². The predicted octanol–water partition coefficient (Wildman–Crippen LogP) is 3.65. The molecule has 2 aromatic rings. The lowest BCUT2D eigenvalue weighted by Gasteiger charge is -2.29. The molecule has 1 aliphatic rings. The van der Waals surface area contributed by atoms with Crippen molar-refractivity contribution in [3.8, 4) is 0 Å². The number of amides is 1. The van der Waals surface area contributed by atoms with Gasteiger partial charge in [0.25, 0.3) is 5.91 Å². The van der Waals surface area contributed by atoms with Crippen molar-refractivity contribution < 1.29 is 14.3 Å². The lowest BCUT2D eigenvalue weighted by atomic mass is 10.0. The second kappa shape index (κ2) is 6.62. The smallest absolute Gasteiger partial charge is 0.348 e. The maximum absolute atomic E-state index is 12.3. The standard InChI is InChI=1S/C16H14BrNO3S/c17-14-8-7-13(22-14)16(20)21-10-15(19)18-9-3-5-11-4-1-2-6-12(11)18/h1-2,4,6-8H,3,5,9-10H2. The molecule has 0 aliphatic carbocycles. The number of carbonyl (C=O) groups excluding carboxylic acids is 2. The number of hydrogen-bond donors (Lipinski definition) is 0. The molecule has 0 bridgehead atoms. The summed E-state index contributed by atoms with van der Waals surface area (Å²) in [6.45, 7) is 0.431. The van der Waals surface area contributed by atoms with E-state index in [2.05, 4.69) is 15.9 Å². The Kier molecular flexibility index (Phi) is 4.59. The average molecular weight is 380 g/mol. The fourth-order valence-corrected chi connectivity index (χ4v) is 3.77. The van der Waals surface area contributed by atoms with Crippen LogP contribution >= 0.6 is 27.3 Å². The van der Waals surface area contributed by atoms with Gasteiger partial charge >= 0.3 is 5.97 Å². The molecule has 3 rings (SSSR count). The van der Waals surface area contributed by atoms with Crippen molar-refractivity contribution in [1.82, 2.24) is 0 Å². The molecule has 1 aromatic heterocycles. The number of ether oxygens (including phenoxy) is 1. The fraction of sp³-hybridized carbons (Fsp3) is 0.250. The van der Waals surface area contributed by atoms with Crippen molar-refractivity contribution >= 4 is 44.8 Å². The van der Waals surface area contributed by atoms with Crippen LogP contribution in [0.3, 0.4) is 0 Å². The summed E-state index contributed by atoms with van der Waals surface area (Å²) >= 11 is 4.59. The quantitative estimate of drug-likeness (QED) is 0.764. The van der Waals surface area contributed by atoms with Crippen LogP contribution in [0.1, 0.15) is 21.7 Å². The van der Waals surface area contributed by atoms with Crippen LogP contribution in [0.5, 0.6) is 0 Å². The maximum Gasteiger partial charge on any atom is 0.348 e. The van der Waals surface area contributed by atoms with Gasteiger partial charge in [-0.2, -0.15) is 0 Å². The number of halogens is 1. The first-order valence-corrected chi connectivity index (χ1v) is 8.57. The Bertz CT molecular complexity index is 713. The minimum absolute atomic E-state index is 0.184. The van der Waals surface area contributed by atoms with E-state index >= 15 is 0 Å². The van der Waals surface area contributed by atoms with Gasteiger partial charge in [-0.15, -0.1) is 11.3 Å². The van der Waals surface area contributed by atoms with Gasteiger partial charge in [-0.05, 0) is 52.5 Å². The fourth-order valence-electron chi connectivity index (χ4n) is 2.49. The molecule has 0 spiro atoms. The Balaban J connectivity index is 1.65. The Morgan fingerprint density at radius 2 is 2.05 bits per heavy atom. The number of fused-ring (bicyclic) bond motifs is 1. The first-order chi connectivity index (χ1) is 10.6. The highest BCUT2D eigenvalue weighted by atomic mass is 79.9. The van der Waals surface area contributed by atoms with Crippen molar-refractivity contribution in [1.29, 1.82) is 0 Å². The number of aryl methyl sites for hydroxylation is 1. The lowest BCUT2D eigenvalue weighted by Crippen LogP contribution is -2.38. The molecular formula is C16H14BrNO3S. The molecule has 1 aromatic carbocycles. The molecule has 1 aliphatic heterocycles. The van der Waals surface area contributed by atoms with Gasteiger partial charge in [0.15, 0.2) is 6.61 Å². The Labute approximate surface area is 140 Å². The van der Waals surface area contributed by atoms with Gasteiger partial charge in [0.1, 0.15) is 4.88 Å². The third kappa shape index (κ3) is 3.23. The van der Waals surface area contributed by atoms with Crippen LogP contribution in [-0.4, -0.2) is 25.0 Å². The summed E-state index contributed by atoms with van der Waals surface area (Å²) in [6, 6.07) is 11.3. The van der Waals surface area contributed by atoms with Crippen LogP contribution in [0.15, 0.2) is 40.2 Å². The molecule has 0 atom stereocenters. The van der Waals surface area contributed by atoms with Crippen molar-refractivity contribution in [3.63, 3.8) is 0 Å². The number of rotatable bonds is 3. The molecule has 0 saturated heterocycles. The number of esters is 1. The zero-order chi connectivity index (χ0) is 15.5. The van der Waals surface area contributed by atoms with Crippen LogP contribution in [0.2, 0.25) is 0 Å². The molecule has 22 heavy (non-hydrogen) atoms. The van der Waals surface area contributed by atoms with E-state index < -0.39 is 5.97 Å². The topological polar surface area (TPSA) is 46.6 Å². The summed E-state index contributed by atoms with van der Waals surface area (Å²) in [4.78, 5) is 26.4. The number of thiophene rings is 1. The Hall–Kier alpha value is -1.66. The third-order valence-electron chi connectivity index (χ3n) is 3.51. The predicted molar refractivity (Wildman–Crippen MR) is 89.4 cm³/mol. The SMILES string of the molecule is O=C(OCC(=O)N1CCCc2ccccc21)c1ccc(Br)s1. The molecule has 0 radical (unpaired) electrons. The normalized spacial score (nSPS) is 13.6. The largest absolute Gasteiger partial charge is 0.451 e. The van der Waals surface area contributed by atoms with Crippen molar-refractivity contribution in [2.45, 2.75) is 12.8 Å². The third-order valence-corrected chi connectivity index (χ3v) is 5.12. The highest BCUT2D eigenvalue weighted by molar-refractivity contribution is 9.11. The van der Waals surface area contributed by atoms with Crippen molar-refractivity contribution in [2.24, 2.45) is 0 Å². The van der Waals surface area contributed by atoms with Crippen LogP contribution in [0, 0.1) is 0 Å². The first kappa shape index (κ1) is 15.2. The molecular weight excluding hydrogens is 366 g/mol. The number of nitrogens with zero attached hydrogens (tertiary/aromatic N) is 1.